The number of unbranched alkanes of at least 4 members (excludes halogenated alkanes) is 1. The molecule has 0 fully saturated rings. The summed E-state index contributed by atoms with van der Waals surface area (Å²) in [6.45, 7) is 21.9. The number of nitrogens with one attached hydrogen (secondary N) is 1. The molecule has 0 bridgehead atoms. The zero-order valence-corrected chi connectivity index (χ0v) is 23.4. The molecule has 0 amide bonds. The summed E-state index contributed by atoms with van der Waals surface area (Å²) in [4.78, 5) is 4.31. The van der Waals surface area contributed by atoms with E-state index in [1.807, 2.05) is 84.9 Å². The van der Waals surface area contributed by atoms with Gasteiger partial charge in [-0.2, -0.15) is 0 Å². The maximum atomic E-state index is 7.11. The Hall–Kier alpha value is -2.94. The third-order valence-corrected chi connectivity index (χ3v) is 4.46. The summed E-state index contributed by atoms with van der Waals surface area (Å²) in [5.74, 6) is 0.532. The molecule has 0 radical (unpaired) electrons. The summed E-state index contributed by atoms with van der Waals surface area (Å²) in [5, 5.41) is 7.11. The van der Waals surface area contributed by atoms with Gasteiger partial charge in [0.15, 0.2) is 0 Å². The molecule has 0 heterocycles. The van der Waals surface area contributed by atoms with E-state index in [1.165, 1.54) is 24.6 Å². The molecule has 1 rings (SSSR count). The van der Waals surface area contributed by atoms with Gasteiger partial charge >= 0.3 is 0 Å². The van der Waals surface area contributed by atoms with Gasteiger partial charge in [0, 0.05) is 11.8 Å². The Balaban J connectivity index is -0.000000523. The van der Waals surface area contributed by atoms with Gasteiger partial charge in [-0.05, 0) is 62.8 Å². The molecular weight excluding hydrogens is 414 g/mol. The van der Waals surface area contributed by atoms with Crippen molar-refractivity contribution in [2.45, 2.75) is 88.0 Å². The van der Waals surface area contributed by atoms with E-state index in [-0.39, 0.29) is 0 Å². The lowest BCUT2D eigenvalue weighted by Gasteiger charge is -2.04. The predicted molar refractivity (Wildman–Crippen MR) is 158 cm³/mol. The first kappa shape index (κ1) is 35.6. The molecule has 0 saturated heterocycles. The molecule has 34 heavy (non-hydrogen) atoms. The van der Waals surface area contributed by atoms with Crippen molar-refractivity contribution in [3.8, 4) is 0 Å². The van der Waals surface area contributed by atoms with Crippen molar-refractivity contribution in [1.82, 2.24) is 0 Å². The first-order valence-corrected chi connectivity index (χ1v) is 12.7. The maximum absolute atomic E-state index is 7.11. The number of nitrogens with two attached hydrogens (primary N) is 1. The largest absolute Gasteiger partial charge is 0.383 e. The van der Waals surface area contributed by atoms with E-state index in [1.54, 1.807) is 6.08 Å². The second-order valence-electron chi connectivity index (χ2n) is 6.79. The summed E-state index contributed by atoms with van der Waals surface area (Å²) in [6.07, 6.45) is 17.7. The molecule has 0 aliphatic rings. The minimum atomic E-state index is 0.532. The van der Waals surface area contributed by atoms with Crippen molar-refractivity contribution in [2.24, 2.45) is 10.7 Å². The van der Waals surface area contributed by atoms with E-state index in [9.17, 15) is 0 Å². The van der Waals surface area contributed by atoms with E-state index in [0.717, 1.165) is 35.2 Å². The fourth-order valence-corrected chi connectivity index (χ4v) is 2.52. The van der Waals surface area contributed by atoms with Gasteiger partial charge in [0.1, 0.15) is 5.84 Å². The summed E-state index contributed by atoms with van der Waals surface area (Å²) in [6, 6.07) is 8.30. The molecule has 0 saturated carbocycles. The number of nitrogens with zero attached hydrogens (tertiary/aromatic N) is 1. The average Bonchev–Trinajstić information content (AvgIpc) is 2.89. The van der Waals surface area contributed by atoms with E-state index in [2.05, 4.69) is 43.6 Å². The van der Waals surface area contributed by atoms with Crippen LogP contribution in [-0.4, -0.2) is 12.1 Å². The molecule has 1 aromatic rings. The fourth-order valence-electron chi connectivity index (χ4n) is 2.52. The van der Waals surface area contributed by atoms with Crippen LogP contribution in [0.5, 0.6) is 0 Å². The van der Waals surface area contributed by atoms with Crippen LogP contribution >= 0.6 is 0 Å². The smallest absolute Gasteiger partial charge is 0.131 e. The number of amidine groups is 1. The fraction of sp³-hybridized carbons (Fsp3) is 0.419. The lowest BCUT2D eigenvalue weighted by Crippen LogP contribution is -2.13. The number of aliphatic imine (C=N–C) groups is 1. The first-order valence-electron chi connectivity index (χ1n) is 12.7. The van der Waals surface area contributed by atoms with E-state index in [0.29, 0.717) is 5.84 Å². The van der Waals surface area contributed by atoms with Crippen LogP contribution in [-0.2, 0) is 6.42 Å². The Labute approximate surface area is 211 Å². The molecule has 0 unspecified atom stereocenters. The summed E-state index contributed by atoms with van der Waals surface area (Å²) in [5.41, 5.74) is 11.2. The molecular formula is C31H51N3. The van der Waals surface area contributed by atoms with Gasteiger partial charge in [0.25, 0.3) is 0 Å². The number of aryl methyl sites for hydroxylation is 1. The highest BCUT2D eigenvalue weighted by atomic mass is 14.9. The van der Waals surface area contributed by atoms with Crippen molar-refractivity contribution in [3.63, 3.8) is 0 Å². The number of allylic oxidation sites excluding steroid dienone is 8. The van der Waals surface area contributed by atoms with Crippen LogP contribution in [0.25, 0.3) is 0 Å². The molecule has 0 aromatic heterocycles. The second kappa shape index (κ2) is 26.3. The Morgan fingerprint density at radius 2 is 1.62 bits per heavy atom. The van der Waals surface area contributed by atoms with Crippen molar-refractivity contribution in [2.75, 3.05) is 0 Å². The zero-order chi connectivity index (χ0) is 26.8. The minimum absolute atomic E-state index is 0.532. The predicted octanol–water partition coefficient (Wildman–Crippen LogP) is 9.37. The van der Waals surface area contributed by atoms with Crippen LogP contribution in [0.2, 0.25) is 0 Å². The van der Waals surface area contributed by atoms with E-state index >= 15 is 0 Å². The molecule has 3 N–H and O–H groups in total. The third kappa shape index (κ3) is 17.6. The highest BCUT2D eigenvalue weighted by molar-refractivity contribution is 5.98. The second-order valence-corrected chi connectivity index (χ2v) is 6.79. The summed E-state index contributed by atoms with van der Waals surface area (Å²) in [7, 11) is 0. The van der Waals surface area contributed by atoms with Gasteiger partial charge in [0.05, 0.1) is 5.70 Å². The zero-order valence-electron chi connectivity index (χ0n) is 23.4. The number of benzene rings is 1. The molecule has 0 spiro atoms. The Morgan fingerprint density at radius 3 is 2.03 bits per heavy atom. The Kier molecular flexibility index (Phi) is 27.6. The Morgan fingerprint density at radius 1 is 1.03 bits per heavy atom. The number of rotatable bonds is 10. The molecule has 0 atom stereocenters. The molecule has 190 valence electrons. The SMILES string of the molecule is C=C/C(=C\C)N=C(N)c1ccc(CCCC)cc1.CC.CC.C\C=C(C=N)/C(C)=C\C=C\CC. The van der Waals surface area contributed by atoms with E-state index in [4.69, 9.17) is 11.1 Å². The van der Waals surface area contributed by atoms with E-state index < -0.39 is 0 Å². The highest BCUT2D eigenvalue weighted by Gasteiger charge is 1.99. The van der Waals surface area contributed by atoms with Crippen LogP contribution in [0.4, 0.5) is 0 Å². The van der Waals surface area contributed by atoms with Gasteiger partial charge in [-0.25, -0.2) is 4.99 Å². The first-order chi connectivity index (χ1) is 16.5. The molecule has 0 aliphatic heterocycles. The molecule has 0 aliphatic carbocycles. The number of hydrogen-bond acceptors (Lipinski definition) is 2. The summed E-state index contributed by atoms with van der Waals surface area (Å²) < 4.78 is 0. The van der Waals surface area contributed by atoms with Gasteiger partial charge < -0.3 is 11.1 Å². The molecule has 3 nitrogen and oxygen atoms in total. The number of hydrogen-bond donors (Lipinski definition) is 2. The lowest BCUT2D eigenvalue weighted by molar-refractivity contribution is 0.795. The lowest BCUT2D eigenvalue weighted by atomic mass is 10.1. The van der Waals surface area contributed by atoms with Crippen LogP contribution in [0.1, 0.15) is 92.7 Å². The van der Waals surface area contributed by atoms with Crippen molar-refractivity contribution < 1.29 is 0 Å². The molecule has 1 aromatic carbocycles. The quantitative estimate of drug-likeness (QED) is 0.202. The third-order valence-electron chi connectivity index (χ3n) is 4.46. The van der Waals surface area contributed by atoms with Crippen LogP contribution in [0, 0.1) is 5.41 Å². The standard InChI is InChI=1S/C16H22N2.C11H17N.2C2H6/c1-4-7-8-13-9-11-14(12-10-13)16(17)18-15(5-2)6-3;1-4-6-7-8-10(3)11(5-2)9-12;2*1-2/h5-6,9-12H,2,4,7-8H2,1,3H3,(H2,17,18);5-9,12H,4H2,1-3H3;2*1-2H3/b15-6+;7-6+,10-8-,11-5-,12-9?;;. The van der Waals surface area contributed by atoms with Crippen LogP contribution in [0.15, 0.2) is 89.1 Å². The highest BCUT2D eigenvalue weighted by Crippen LogP contribution is 2.09. The topological polar surface area (TPSA) is 62.2 Å². The van der Waals surface area contributed by atoms with Crippen LogP contribution in [0.3, 0.4) is 0 Å². The molecule has 3 heteroatoms. The normalized spacial score (nSPS) is 11.9. The van der Waals surface area contributed by atoms with Crippen molar-refractivity contribution in [3.05, 3.63) is 95.3 Å². The van der Waals surface area contributed by atoms with Crippen molar-refractivity contribution >= 4 is 12.1 Å². The minimum Gasteiger partial charge on any atom is -0.383 e. The van der Waals surface area contributed by atoms with Crippen LogP contribution < -0.4 is 5.73 Å². The average molecular weight is 466 g/mol. The summed E-state index contributed by atoms with van der Waals surface area (Å²) >= 11 is 0. The maximum Gasteiger partial charge on any atom is 0.131 e. The van der Waals surface area contributed by atoms with Gasteiger partial charge in [-0.1, -0.05) is 109 Å². The van der Waals surface area contributed by atoms with Gasteiger partial charge in [-0.3, -0.25) is 0 Å². The Bertz CT molecular complexity index is 788. The van der Waals surface area contributed by atoms with Gasteiger partial charge in [-0.15, -0.1) is 0 Å². The van der Waals surface area contributed by atoms with Gasteiger partial charge in [0.2, 0.25) is 0 Å². The van der Waals surface area contributed by atoms with Crippen molar-refractivity contribution in [1.29, 1.82) is 5.41 Å². The monoisotopic (exact) mass is 465 g/mol.